The molecule has 0 aliphatic heterocycles. The summed E-state index contributed by atoms with van der Waals surface area (Å²) in [6.45, 7) is 1.01. The molecule has 7 heteroatoms. The van der Waals surface area contributed by atoms with Gasteiger partial charge in [-0.25, -0.2) is 0 Å². The summed E-state index contributed by atoms with van der Waals surface area (Å²) in [6.07, 6.45) is 14.3. The Morgan fingerprint density at radius 1 is 0.606 bits per heavy atom. The van der Waals surface area contributed by atoms with Crippen molar-refractivity contribution in [2.75, 3.05) is 13.2 Å². The molecular weight excluding hydrogens is 744 g/mol. The standard InChI is InChI=1S/C26H33Br5O2/c27-21-16-17-23(26(31)25(21)30)33-19-18-32-22-14-11-10-13-20(22)12-8-6-4-2-1-3-5-7-9-15-24(28)29/h10-11,13-14,16-17,24H,1-9,12,15,18-19H2. The van der Waals surface area contributed by atoms with Crippen LogP contribution in [0.25, 0.3) is 0 Å². The first-order chi connectivity index (χ1) is 16.0. The van der Waals surface area contributed by atoms with Crippen LogP contribution in [-0.4, -0.2) is 17.0 Å². The van der Waals surface area contributed by atoms with Crippen LogP contribution in [0.5, 0.6) is 11.5 Å². The minimum atomic E-state index is 0.482. The first-order valence-electron chi connectivity index (χ1n) is 11.7. The molecule has 0 saturated carbocycles. The number of unbranched alkanes of at least 4 members (excludes halogenated alkanes) is 8. The van der Waals surface area contributed by atoms with Crippen LogP contribution in [-0.2, 0) is 6.42 Å². The molecule has 0 atom stereocenters. The number of ether oxygens (including phenoxy) is 2. The molecule has 0 fully saturated rings. The third-order valence-electron chi connectivity index (χ3n) is 5.44. The van der Waals surface area contributed by atoms with E-state index in [4.69, 9.17) is 9.47 Å². The fourth-order valence-electron chi connectivity index (χ4n) is 3.63. The quantitative estimate of drug-likeness (QED) is 0.0905. The van der Waals surface area contributed by atoms with Gasteiger partial charge in [0.1, 0.15) is 24.7 Å². The average molecular weight is 777 g/mol. The minimum absolute atomic E-state index is 0.482. The molecule has 0 saturated heterocycles. The number of alkyl halides is 2. The number of aryl methyl sites for hydroxylation is 1. The molecule has 0 spiro atoms. The Morgan fingerprint density at radius 2 is 1.18 bits per heavy atom. The molecule has 184 valence electrons. The van der Waals surface area contributed by atoms with Crippen molar-refractivity contribution in [3.63, 3.8) is 0 Å². The van der Waals surface area contributed by atoms with Gasteiger partial charge in [-0.1, -0.05) is 101 Å². The first-order valence-corrected chi connectivity index (χ1v) is 15.9. The maximum absolute atomic E-state index is 6.04. The van der Waals surface area contributed by atoms with Gasteiger partial charge in [0.2, 0.25) is 0 Å². The molecule has 2 aromatic carbocycles. The van der Waals surface area contributed by atoms with E-state index in [-0.39, 0.29) is 0 Å². The third kappa shape index (κ3) is 12.3. The summed E-state index contributed by atoms with van der Waals surface area (Å²) in [5.41, 5.74) is 1.29. The second-order valence-electron chi connectivity index (χ2n) is 8.09. The highest BCUT2D eigenvalue weighted by molar-refractivity contribution is 9.24. The zero-order chi connectivity index (χ0) is 23.9. The summed E-state index contributed by atoms with van der Waals surface area (Å²) in [5.74, 6) is 1.78. The lowest BCUT2D eigenvalue weighted by atomic mass is 10.0. The lowest BCUT2D eigenvalue weighted by Crippen LogP contribution is -2.10. The van der Waals surface area contributed by atoms with Crippen LogP contribution >= 0.6 is 79.6 Å². The number of halogens is 5. The number of para-hydroxylation sites is 1. The Hall–Kier alpha value is 0.440. The summed E-state index contributed by atoms with van der Waals surface area (Å²) in [6, 6.07) is 12.3. The third-order valence-corrected chi connectivity index (χ3v) is 9.69. The van der Waals surface area contributed by atoms with E-state index in [0.717, 1.165) is 31.3 Å². The van der Waals surface area contributed by atoms with Crippen LogP contribution in [0.15, 0.2) is 49.8 Å². The molecule has 33 heavy (non-hydrogen) atoms. The Balaban J connectivity index is 1.59. The number of hydrogen-bond donors (Lipinski definition) is 0. The summed E-state index contributed by atoms with van der Waals surface area (Å²) in [4.78, 5) is 0. The van der Waals surface area contributed by atoms with Gasteiger partial charge in [-0.05, 0) is 90.8 Å². The van der Waals surface area contributed by atoms with Crippen molar-refractivity contribution >= 4 is 79.6 Å². The van der Waals surface area contributed by atoms with Crippen molar-refractivity contribution in [1.29, 1.82) is 0 Å². The molecule has 0 unspecified atom stereocenters. The van der Waals surface area contributed by atoms with Gasteiger partial charge in [0.15, 0.2) is 0 Å². The Bertz CT molecular complexity index is 813. The van der Waals surface area contributed by atoms with Gasteiger partial charge < -0.3 is 9.47 Å². The van der Waals surface area contributed by atoms with Crippen molar-refractivity contribution in [1.82, 2.24) is 0 Å². The van der Waals surface area contributed by atoms with Crippen LogP contribution in [0.2, 0.25) is 0 Å². The average Bonchev–Trinajstić information content (AvgIpc) is 2.80. The molecule has 0 heterocycles. The highest BCUT2D eigenvalue weighted by atomic mass is 79.9. The normalized spacial score (nSPS) is 11.2. The Labute approximate surface area is 241 Å². The van der Waals surface area contributed by atoms with Crippen molar-refractivity contribution < 1.29 is 9.47 Å². The monoisotopic (exact) mass is 772 g/mol. The van der Waals surface area contributed by atoms with Gasteiger partial charge in [-0.3, -0.25) is 0 Å². The van der Waals surface area contributed by atoms with Gasteiger partial charge in [0.05, 0.1) is 8.21 Å². The van der Waals surface area contributed by atoms with Crippen LogP contribution in [0.4, 0.5) is 0 Å². The van der Waals surface area contributed by atoms with E-state index in [0.29, 0.717) is 17.0 Å². The lowest BCUT2D eigenvalue weighted by Gasteiger charge is -2.13. The van der Waals surface area contributed by atoms with Gasteiger partial charge in [0.25, 0.3) is 0 Å². The van der Waals surface area contributed by atoms with E-state index in [9.17, 15) is 0 Å². The van der Waals surface area contributed by atoms with E-state index >= 15 is 0 Å². The van der Waals surface area contributed by atoms with Gasteiger partial charge >= 0.3 is 0 Å². The van der Waals surface area contributed by atoms with Crippen molar-refractivity contribution in [2.45, 2.75) is 74.4 Å². The summed E-state index contributed by atoms with van der Waals surface area (Å²) in [7, 11) is 0. The predicted molar refractivity (Wildman–Crippen MR) is 158 cm³/mol. The van der Waals surface area contributed by atoms with E-state index in [1.165, 1.54) is 69.8 Å². The molecule has 2 nitrogen and oxygen atoms in total. The largest absolute Gasteiger partial charge is 0.490 e. The molecular formula is C26H33Br5O2. The molecule has 0 bridgehead atoms. The topological polar surface area (TPSA) is 18.5 Å². The number of rotatable bonds is 17. The maximum atomic E-state index is 6.04. The zero-order valence-corrected chi connectivity index (χ0v) is 26.9. The van der Waals surface area contributed by atoms with E-state index < -0.39 is 0 Å². The fourth-order valence-corrected chi connectivity index (χ4v) is 5.66. The van der Waals surface area contributed by atoms with Crippen molar-refractivity contribution in [2.24, 2.45) is 0 Å². The summed E-state index contributed by atoms with van der Waals surface area (Å²) >= 11 is 17.7. The summed E-state index contributed by atoms with van der Waals surface area (Å²) in [5, 5.41) is 0. The number of hydrogen-bond acceptors (Lipinski definition) is 2. The van der Waals surface area contributed by atoms with Crippen LogP contribution in [0.1, 0.15) is 69.8 Å². The highest BCUT2D eigenvalue weighted by Crippen LogP contribution is 2.37. The second kappa shape index (κ2) is 17.8. The van der Waals surface area contributed by atoms with Crippen molar-refractivity contribution in [3.8, 4) is 11.5 Å². The molecule has 0 radical (unpaired) electrons. The highest BCUT2D eigenvalue weighted by Gasteiger charge is 2.09. The predicted octanol–water partition coefficient (Wildman–Crippen LogP) is 11.0. The second-order valence-corrected chi connectivity index (χ2v) is 14.0. The molecule has 0 aliphatic rings. The Morgan fingerprint density at radius 3 is 1.85 bits per heavy atom. The smallest absolute Gasteiger partial charge is 0.134 e. The molecule has 0 aliphatic carbocycles. The number of benzene rings is 2. The lowest BCUT2D eigenvalue weighted by molar-refractivity contribution is 0.215. The Kier molecular flexibility index (Phi) is 16.0. The van der Waals surface area contributed by atoms with Gasteiger partial charge in [-0.2, -0.15) is 0 Å². The molecule has 2 aromatic rings. The van der Waals surface area contributed by atoms with Gasteiger partial charge in [-0.15, -0.1) is 0 Å². The van der Waals surface area contributed by atoms with Crippen LogP contribution in [0, 0.1) is 0 Å². The van der Waals surface area contributed by atoms with Crippen LogP contribution < -0.4 is 9.47 Å². The van der Waals surface area contributed by atoms with E-state index in [1.807, 2.05) is 18.2 Å². The van der Waals surface area contributed by atoms with Gasteiger partial charge in [0, 0.05) is 8.95 Å². The van der Waals surface area contributed by atoms with E-state index in [2.05, 4.69) is 97.8 Å². The maximum Gasteiger partial charge on any atom is 0.134 e. The van der Waals surface area contributed by atoms with Crippen LogP contribution in [0.3, 0.4) is 0 Å². The zero-order valence-electron chi connectivity index (χ0n) is 18.9. The summed E-state index contributed by atoms with van der Waals surface area (Å²) < 4.78 is 15.2. The molecule has 0 amide bonds. The molecule has 0 aromatic heterocycles. The minimum Gasteiger partial charge on any atom is -0.490 e. The van der Waals surface area contributed by atoms with E-state index in [1.54, 1.807) is 0 Å². The molecule has 0 N–H and O–H groups in total. The fraction of sp³-hybridized carbons (Fsp3) is 0.538. The first kappa shape index (κ1) is 29.7. The van der Waals surface area contributed by atoms with Crippen molar-refractivity contribution in [3.05, 3.63) is 55.4 Å². The molecule has 2 rings (SSSR count). The SMILES string of the molecule is Brc1ccc(OCCOc2ccccc2CCCCCCCCCCCC(Br)Br)c(Br)c1Br.